The van der Waals surface area contributed by atoms with Gasteiger partial charge in [-0.2, -0.15) is 0 Å². The monoisotopic (exact) mass is 589 g/mol. The van der Waals surface area contributed by atoms with E-state index in [0.29, 0.717) is 22.4 Å². The average Bonchev–Trinajstić information content (AvgIpc) is 2.90. The number of carbonyl (C=O) groups is 5. The van der Waals surface area contributed by atoms with E-state index < -0.39 is 64.4 Å². The molecule has 0 aromatic heterocycles. The van der Waals surface area contributed by atoms with Gasteiger partial charge in [-0.3, -0.25) is 28.9 Å². The lowest BCUT2D eigenvalue weighted by molar-refractivity contribution is -0.181. The van der Waals surface area contributed by atoms with Crippen LogP contribution in [0.2, 0.25) is 0 Å². The van der Waals surface area contributed by atoms with Gasteiger partial charge in [-0.1, -0.05) is 45.0 Å². The van der Waals surface area contributed by atoms with Crippen LogP contribution in [0.3, 0.4) is 0 Å². The fourth-order valence-corrected chi connectivity index (χ4v) is 7.42. The number of phenolic OH excluding ortho intramolecular Hbond substituents is 1. The number of likely N-dealkylation sites (N-methyl/N-ethyl adjacent to an activating group) is 1. The van der Waals surface area contributed by atoms with Crippen molar-refractivity contribution in [3.8, 4) is 16.9 Å². The number of anilines is 1. The maximum Gasteiger partial charge on any atom is 0.235 e. The molecule has 2 fully saturated rings. The topological polar surface area (TPSA) is 158 Å². The summed E-state index contributed by atoms with van der Waals surface area (Å²) in [7, 11) is 6.77. The van der Waals surface area contributed by atoms with Crippen LogP contribution in [0, 0.1) is 23.7 Å². The molecule has 10 nitrogen and oxygen atoms in total. The minimum absolute atomic E-state index is 0.00748. The summed E-state index contributed by atoms with van der Waals surface area (Å²) in [6.45, 7) is 6.28. The molecular weight excluding hydrogens is 550 g/mol. The summed E-state index contributed by atoms with van der Waals surface area (Å²) >= 11 is 0. The van der Waals surface area contributed by atoms with Gasteiger partial charge < -0.3 is 20.8 Å². The number of nitrogens with zero attached hydrogens (tertiary/aromatic N) is 2. The molecule has 10 heteroatoms. The van der Waals surface area contributed by atoms with Gasteiger partial charge in [0.2, 0.25) is 5.91 Å². The van der Waals surface area contributed by atoms with Crippen molar-refractivity contribution in [2.24, 2.45) is 29.4 Å². The van der Waals surface area contributed by atoms with Gasteiger partial charge in [-0.25, -0.2) is 0 Å². The van der Waals surface area contributed by atoms with Crippen molar-refractivity contribution in [2.75, 3.05) is 33.1 Å². The Balaban J connectivity index is 1.66. The first-order valence-electron chi connectivity index (χ1n) is 14.4. The standard InChI is InChI=1S/C33H39N3O7/c1-32(2,3)17-10-8-15(9-11-17)18-14-21(35(4)5)19-12-16-13-20-25(36(6)7)28(39)24(31(34)42)30(41)33(20,43)29(40)22(16)27(38)23(19)26(18)37/h8-11,14,16,20,22,24-25,37,43H,12-13H2,1-7H3,(H2,34,42)/t16-,20-,22?,24?,25-,33-/m1/s1. The highest BCUT2D eigenvalue weighted by Crippen LogP contribution is 2.53. The number of carbonyl (C=O) groups excluding carboxylic acids is 5. The van der Waals surface area contributed by atoms with E-state index in [9.17, 15) is 34.2 Å². The molecule has 0 radical (unpaired) electrons. The first-order valence-corrected chi connectivity index (χ1v) is 14.4. The van der Waals surface area contributed by atoms with Crippen LogP contribution in [0.4, 0.5) is 5.69 Å². The largest absolute Gasteiger partial charge is 0.507 e. The summed E-state index contributed by atoms with van der Waals surface area (Å²) in [5.41, 5.74) is 5.98. The van der Waals surface area contributed by atoms with E-state index in [4.69, 9.17) is 5.73 Å². The molecule has 0 bridgehead atoms. The second-order valence-electron chi connectivity index (χ2n) is 13.7. The Bertz CT molecular complexity index is 1570. The lowest BCUT2D eigenvalue weighted by Gasteiger charge is -2.52. The van der Waals surface area contributed by atoms with Crippen molar-refractivity contribution >= 4 is 34.7 Å². The molecule has 4 N–H and O–H groups in total. The van der Waals surface area contributed by atoms with E-state index in [1.165, 1.54) is 4.90 Å². The van der Waals surface area contributed by atoms with E-state index in [-0.39, 0.29) is 29.6 Å². The summed E-state index contributed by atoms with van der Waals surface area (Å²) in [6.07, 6.45) is 0.212. The first-order chi connectivity index (χ1) is 19.9. The molecule has 1 amide bonds. The van der Waals surface area contributed by atoms with E-state index in [1.54, 1.807) is 14.1 Å². The number of primary amides is 1. The van der Waals surface area contributed by atoms with Gasteiger partial charge in [0, 0.05) is 31.3 Å². The predicted molar refractivity (Wildman–Crippen MR) is 160 cm³/mol. The predicted octanol–water partition coefficient (Wildman–Crippen LogP) is 1.90. The van der Waals surface area contributed by atoms with Gasteiger partial charge in [-0.05, 0) is 61.0 Å². The SMILES string of the molecule is CN(C)c1cc(-c2ccc(C(C)(C)C)cc2)c(O)c2c1C[C@@H]1C[C@@H]3[C@@H](N(C)C)C(=O)C(C(N)=O)C(=O)[C@]3(O)C(=O)C1C2=O. The number of ketones is 4. The molecule has 43 heavy (non-hydrogen) atoms. The van der Waals surface area contributed by atoms with Crippen molar-refractivity contribution in [1.82, 2.24) is 4.90 Å². The highest BCUT2D eigenvalue weighted by Gasteiger charge is 2.69. The fourth-order valence-electron chi connectivity index (χ4n) is 7.42. The number of hydrogen-bond acceptors (Lipinski definition) is 9. The lowest BCUT2D eigenvalue weighted by atomic mass is 9.52. The van der Waals surface area contributed by atoms with Gasteiger partial charge in [0.1, 0.15) is 5.75 Å². The molecular formula is C33H39N3O7. The highest BCUT2D eigenvalue weighted by atomic mass is 16.3. The maximum absolute atomic E-state index is 14.3. The zero-order valence-corrected chi connectivity index (χ0v) is 25.6. The summed E-state index contributed by atoms with van der Waals surface area (Å²) in [5, 5.41) is 23.4. The quantitative estimate of drug-likeness (QED) is 0.453. The Morgan fingerprint density at radius 3 is 2.12 bits per heavy atom. The normalized spacial score (nSPS) is 28.8. The first kappa shape index (κ1) is 30.6. The van der Waals surface area contributed by atoms with E-state index in [2.05, 4.69) is 20.8 Å². The third kappa shape index (κ3) is 4.41. The lowest BCUT2D eigenvalue weighted by Crippen LogP contribution is -2.74. The highest BCUT2D eigenvalue weighted by molar-refractivity contribution is 6.32. The Labute approximate surface area is 250 Å². The number of Topliss-reactive ketones (excluding diaryl/α,β-unsaturated/α-hetero) is 4. The van der Waals surface area contributed by atoms with Gasteiger partial charge in [0.05, 0.1) is 17.5 Å². The second-order valence-corrected chi connectivity index (χ2v) is 13.7. The molecule has 2 unspecified atom stereocenters. The molecule has 2 aromatic rings. The van der Waals surface area contributed by atoms with E-state index >= 15 is 0 Å². The van der Waals surface area contributed by atoms with Crippen LogP contribution in [0.5, 0.6) is 5.75 Å². The molecule has 5 rings (SSSR count). The van der Waals surface area contributed by atoms with Gasteiger partial charge >= 0.3 is 0 Å². The zero-order chi connectivity index (χ0) is 31.9. The molecule has 2 saturated carbocycles. The number of fused-ring (bicyclic) bond motifs is 3. The Hall–Kier alpha value is -3.89. The summed E-state index contributed by atoms with van der Waals surface area (Å²) < 4.78 is 0. The summed E-state index contributed by atoms with van der Waals surface area (Å²) in [6, 6.07) is 8.37. The van der Waals surface area contributed by atoms with Crippen molar-refractivity contribution < 1.29 is 34.2 Å². The van der Waals surface area contributed by atoms with Crippen LogP contribution in [0.15, 0.2) is 30.3 Å². The molecule has 0 saturated heterocycles. The molecule has 0 aliphatic heterocycles. The number of aliphatic hydroxyl groups is 1. The molecule has 3 aliphatic carbocycles. The fraction of sp³-hybridized carbons (Fsp3) is 0.485. The molecule has 3 aliphatic rings. The van der Waals surface area contributed by atoms with Crippen molar-refractivity contribution in [2.45, 2.75) is 50.7 Å². The summed E-state index contributed by atoms with van der Waals surface area (Å²) in [4.78, 5) is 70.7. The van der Waals surface area contributed by atoms with Crippen molar-refractivity contribution in [3.05, 3.63) is 47.0 Å². The van der Waals surface area contributed by atoms with Gasteiger partial charge in [0.25, 0.3) is 0 Å². The summed E-state index contributed by atoms with van der Waals surface area (Å²) in [5.74, 6) is -10.6. The minimum Gasteiger partial charge on any atom is -0.507 e. The van der Waals surface area contributed by atoms with Crippen LogP contribution in [-0.4, -0.2) is 84.0 Å². The Morgan fingerprint density at radius 1 is 1.00 bits per heavy atom. The Morgan fingerprint density at radius 2 is 1.60 bits per heavy atom. The number of rotatable bonds is 4. The maximum atomic E-state index is 14.3. The molecule has 2 aromatic carbocycles. The van der Waals surface area contributed by atoms with E-state index in [1.807, 2.05) is 49.3 Å². The number of hydrogen-bond donors (Lipinski definition) is 3. The van der Waals surface area contributed by atoms with Crippen LogP contribution in [0.1, 0.15) is 48.7 Å². The van der Waals surface area contributed by atoms with Crippen LogP contribution < -0.4 is 10.6 Å². The smallest absolute Gasteiger partial charge is 0.235 e. The number of benzene rings is 2. The molecule has 0 spiro atoms. The number of aromatic hydroxyl groups is 1. The number of phenols is 1. The van der Waals surface area contributed by atoms with Crippen molar-refractivity contribution in [3.63, 3.8) is 0 Å². The third-order valence-corrected chi connectivity index (χ3v) is 9.58. The molecule has 228 valence electrons. The van der Waals surface area contributed by atoms with Crippen LogP contribution >= 0.6 is 0 Å². The van der Waals surface area contributed by atoms with Crippen LogP contribution in [-0.2, 0) is 31.0 Å². The van der Waals surface area contributed by atoms with Gasteiger partial charge in [0.15, 0.2) is 34.7 Å². The average molecular weight is 590 g/mol. The minimum atomic E-state index is -2.75. The third-order valence-electron chi connectivity index (χ3n) is 9.58. The molecule has 6 atom stereocenters. The van der Waals surface area contributed by atoms with Gasteiger partial charge in [-0.15, -0.1) is 0 Å². The molecule has 0 heterocycles. The second kappa shape index (κ2) is 10.1. The van der Waals surface area contributed by atoms with Crippen LogP contribution in [0.25, 0.3) is 11.1 Å². The zero-order valence-electron chi connectivity index (χ0n) is 25.6. The number of amides is 1. The van der Waals surface area contributed by atoms with Crippen molar-refractivity contribution in [1.29, 1.82) is 0 Å². The number of nitrogens with two attached hydrogens (primary N) is 1. The Kier molecular flexibility index (Phi) is 7.17. The van der Waals surface area contributed by atoms with E-state index in [0.717, 1.165) is 5.56 Å².